The summed E-state index contributed by atoms with van der Waals surface area (Å²) < 4.78 is 7.59. The van der Waals surface area contributed by atoms with Crippen LogP contribution in [0.5, 0.6) is 5.75 Å². The Kier molecular flexibility index (Phi) is 4.23. The second kappa shape index (κ2) is 6.68. The molecule has 0 atom stereocenters. The third-order valence-corrected chi connectivity index (χ3v) is 4.64. The molecule has 1 saturated carbocycles. The third kappa shape index (κ3) is 3.15. The lowest BCUT2D eigenvalue weighted by Crippen LogP contribution is -2.15. The second-order valence-electron chi connectivity index (χ2n) is 6.37. The smallest absolute Gasteiger partial charge is 0.262 e. The Bertz CT molecular complexity index is 941. The number of benzene rings is 1. The van der Waals surface area contributed by atoms with Crippen LogP contribution in [-0.4, -0.2) is 24.9 Å². The number of hydrogen-bond acceptors (Lipinski definition) is 5. The van der Waals surface area contributed by atoms with Crippen LogP contribution in [0.15, 0.2) is 35.3 Å². The summed E-state index contributed by atoms with van der Waals surface area (Å²) in [6, 6.07) is 7.52. The minimum atomic E-state index is -0.197. The molecule has 130 valence electrons. The van der Waals surface area contributed by atoms with Crippen molar-refractivity contribution in [3.63, 3.8) is 0 Å². The number of aromatic nitrogens is 4. The van der Waals surface area contributed by atoms with Crippen molar-refractivity contribution in [2.75, 3.05) is 0 Å². The fraction of sp³-hybridized carbons (Fsp3) is 0.389. The third-order valence-electron chi connectivity index (χ3n) is 4.64. The Morgan fingerprint density at radius 3 is 2.96 bits per heavy atom. The number of ether oxygens (including phenoxy) is 1. The number of nitrogens with zero attached hydrogens (tertiary/aromatic N) is 3. The van der Waals surface area contributed by atoms with Crippen LogP contribution in [0.1, 0.15) is 43.1 Å². The molecular weight excluding hydrogens is 320 g/mol. The van der Waals surface area contributed by atoms with Crippen molar-refractivity contribution in [2.45, 2.75) is 44.9 Å². The summed E-state index contributed by atoms with van der Waals surface area (Å²) in [6.45, 7) is 0.106. The van der Waals surface area contributed by atoms with Crippen molar-refractivity contribution < 1.29 is 9.84 Å². The Hall–Kier alpha value is -2.67. The molecule has 2 N–H and O–H groups in total. The van der Waals surface area contributed by atoms with Gasteiger partial charge in [0.25, 0.3) is 5.56 Å². The van der Waals surface area contributed by atoms with E-state index in [9.17, 15) is 9.90 Å². The van der Waals surface area contributed by atoms with Gasteiger partial charge in [0, 0.05) is 0 Å². The van der Waals surface area contributed by atoms with Crippen LogP contribution in [-0.2, 0) is 13.2 Å². The van der Waals surface area contributed by atoms with Crippen LogP contribution >= 0.6 is 0 Å². The quantitative estimate of drug-likeness (QED) is 0.743. The zero-order chi connectivity index (χ0) is 17.2. The van der Waals surface area contributed by atoms with Gasteiger partial charge in [0.05, 0.1) is 18.8 Å². The highest BCUT2D eigenvalue weighted by Crippen LogP contribution is 2.30. The predicted molar refractivity (Wildman–Crippen MR) is 92.4 cm³/mol. The van der Waals surface area contributed by atoms with Gasteiger partial charge in [-0.05, 0) is 30.5 Å². The van der Waals surface area contributed by atoms with Gasteiger partial charge in [-0.25, -0.2) is 9.67 Å². The van der Waals surface area contributed by atoms with Gasteiger partial charge in [0.1, 0.15) is 23.6 Å². The fourth-order valence-electron chi connectivity index (χ4n) is 3.35. The molecule has 0 amide bonds. The topological polar surface area (TPSA) is 93.0 Å². The van der Waals surface area contributed by atoms with E-state index in [1.165, 1.54) is 12.8 Å². The first-order valence-electron chi connectivity index (χ1n) is 8.53. The van der Waals surface area contributed by atoms with E-state index in [4.69, 9.17) is 4.74 Å². The summed E-state index contributed by atoms with van der Waals surface area (Å²) in [4.78, 5) is 19.6. The predicted octanol–water partition coefficient (Wildman–Crippen LogP) is 2.31. The van der Waals surface area contributed by atoms with Gasteiger partial charge < -0.3 is 14.8 Å². The van der Waals surface area contributed by atoms with Crippen LogP contribution in [0.4, 0.5) is 0 Å². The molecule has 3 aromatic rings. The Labute approximate surface area is 144 Å². The minimum Gasteiger partial charge on any atom is -0.486 e. The lowest BCUT2D eigenvalue weighted by molar-refractivity contribution is 0.276. The minimum absolute atomic E-state index is 0.0428. The molecule has 2 aromatic heterocycles. The van der Waals surface area contributed by atoms with E-state index >= 15 is 0 Å². The first kappa shape index (κ1) is 15.8. The summed E-state index contributed by atoms with van der Waals surface area (Å²) in [5.41, 5.74) is 1.20. The zero-order valence-electron chi connectivity index (χ0n) is 13.8. The Morgan fingerprint density at radius 1 is 1.32 bits per heavy atom. The Morgan fingerprint density at radius 2 is 2.16 bits per heavy atom. The van der Waals surface area contributed by atoms with Crippen molar-refractivity contribution in [2.24, 2.45) is 0 Å². The molecule has 4 rings (SSSR count). The highest BCUT2D eigenvalue weighted by Gasteiger charge is 2.21. The molecule has 0 aliphatic heterocycles. The maximum atomic E-state index is 12.3. The SMILES string of the molecule is O=c1[nH]c(COc2cccc(CO)c2)nc2c1cnn2C1CCCC1. The maximum absolute atomic E-state index is 12.3. The van der Waals surface area contributed by atoms with Gasteiger partial charge in [-0.1, -0.05) is 25.0 Å². The average molecular weight is 340 g/mol. The summed E-state index contributed by atoms with van der Waals surface area (Å²) in [6.07, 6.45) is 6.11. The first-order chi connectivity index (χ1) is 12.2. The number of aliphatic hydroxyl groups is 1. The first-order valence-corrected chi connectivity index (χ1v) is 8.53. The highest BCUT2D eigenvalue weighted by molar-refractivity contribution is 5.73. The van der Waals surface area contributed by atoms with Gasteiger partial charge in [-0.15, -0.1) is 0 Å². The van der Waals surface area contributed by atoms with Crippen LogP contribution < -0.4 is 10.3 Å². The van der Waals surface area contributed by atoms with Crippen LogP contribution in [0.25, 0.3) is 11.0 Å². The average Bonchev–Trinajstić information content (AvgIpc) is 3.29. The molecule has 7 heteroatoms. The number of aliphatic hydroxyl groups excluding tert-OH is 1. The molecule has 0 saturated heterocycles. The van der Waals surface area contributed by atoms with Crippen molar-refractivity contribution >= 4 is 11.0 Å². The normalized spacial score (nSPS) is 15.1. The lowest BCUT2D eigenvalue weighted by Gasteiger charge is -2.11. The van der Waals surface area contributed by atoms with Crippen LogP contribution in [0, 0.1) is 0 Å². The van der Waals surface area contributed by atoms with Crippen molar-refractivity contribution in [1.29, 1.82) is 0 Å². The van der Waals surface area contributed by atoms with Crippen molar-refractivity contribution in [3.05, 3.63) is 52.2 Å². The lowest BCUT2D eigenvalue weighted by atomic mass is 10.2. The highest BCUT2D eigenvalue weighted by atomic mass is 16.5. The van der Waals surface area contributed by atoms with E-state index in [0.717, 1.165) is 18.4 Å². The van der Waals surface area contributed by atoms with Crippen molar-refractivity contribution in [1.82, 2.24) is 19.7 Å². The Balaban J connectivity index is 1.61. The molecule has 0 bridgehead atoms. The summed E-state index contributed by atoms with van der Waals surface area (Å²) in [5, 5.41) is 14.1. The number of H-pyrrole nitrogens is 1. The van der Waals surface area contributed by atoms with E-state index < -0.39 is 0 Å². The number of nitrogens with one attached hydrogen (secondary N) is 1. The van der Waals surface area contributed by atoms with Gasteiger partial charge in [0.15, 0.2) is 5.65 Å². The molecule has 1 aliphatic rings. The van der Waals surface area contributed by atoms with E-state index in [0.29, 0.717) is 28.6 Å². The molecule has 1 aliphatic carbocycles. The number of aromatic amines is 1. The molecule has 1 fully saturated rings. The molecule has 7 nitrogen and oxygen atoms in total. The number of rotatable bonds is 5. The molecular formula is C18H20N4O3. The van der Waals surface area contributed by atoms with E-state index in [-0.39, 0.29) is 18.8 Å². The second-order valence-corrected chi connectivity index (χ2v) is 6.37. The fourth-order valence-corrected chi connectivity index (χ4v) is 3.35. The molecule has 25 heavy (non-hydrogen) atoms. The standard InChI is InChI=1S/C18H20N4O3/c23-10-12-4-3-7-14(8-12)25-11-16-20-17-15(18(24)21-16)9-19-22(17)13-5-1-2-6-13/h3-4,7-9,13,23H,1-2,5-6,10-11H2,(H,20,21,24). The van der Waals surface area contributed by atoms with Crippen LogP contribution in [0.3, 0.4) is 0 Å². The van der Waals surface area contributed by atoms with Gasteiger partial charge >= 0.3 is 0 Å². The molecule has 0 unspecified atom stereocenters. The van der Waals surface area contributed by atoms with Gasteiger partial charge in [-0.3, -0.25) is 4.79 Å². The van der Waals surface area contributed by atoms with Gasteiger partial charge in [-0.2, -0.15) is 5.10 Å². The van der Waals surface area contributed by atoms with E-state index in [1.54, 1.807) is 18.3 Å². The van der Waals surface area contributed by atoms with E-state index in [1.807, 2.05) is 16.8 Å². The summed E-state index contributed by atoms with van der Waals surface area (Å²) >= 11 is 0. The van der Waals surface area contributed by atoms with Crippen LogP contribution in [0.2, 0.25) is 0 Å². The monoisotopic (exact) mass is 340 g/mol. The van der Waals surface area contributed by atoms with Gasteiger partial charge in [0.2, 0.25) is 0 Å². The number of hydrogen-bond donors (Lipinski definition) is 2. The molecule has 1 aromatic carbocycles. The zero-order valence-corrected chi connectivity index (χ0v) is 13.8. The molecule has 0 radical (unpaired) electrons. The maximum Gasteiger partial charge on any atom is 0.262 e. The largest absolute Gasteiger partial charge is 0.486 e. The van der Waals surface area contributed by atoms with E-state index in [2.05, 4.69) is 15.1 Å². The summed E-state index contributed by atoms with van der Waals surface area (Å²) in [7, 11) is 0. The number of fused-ring (bicyclic) bond motifs is 1. The van der Waals surface area contributed by atoms with Crippen molar-refractivity contribution in [3.8, 4) is 5.75 Å². The summed E-state index contributed by atoms with van der Waals surface area (Å²) in [5.74, 6) is 1.09. The molecule has 2 heterocycles. The molecule has 0 spiro atoms.